The second-order valence-electron chi connectivity index (χ2n) is 5.20. The van der Waals surface area contributed by atoms with Crippen LogP contribution in [0, 0.1) is 5.92 Å². The highest BCUT2D eigenvalue weighted by Crippen LogP contribution is 2.26. The van der Waals surface area contributed by atoms with Crippen molar-refractivity contribution in [3.63, 3.8) is 0 Å². The first kappa shape index (κ1) is 15.8. The first-order chi connectivity index (χ1) is 8.75. The zero-order valence-electron chi connectivity index (χ0n) is 11.2. The molecule has 1 amide bonds. The zero-order valence-corrected chi connectivity index (χ0v) is 12.0. The maximum absolute atomic E-state index is 12.0. The number of nitrogen functional groups attached to an aromatic ring is 1. The van der Waals surface area contributed by atoms with Crippen molar-refractivity contribution >= 4 is 29.7 Å². The van der Waals surface area contributed by atoms with E-state index in [2.05, 4.69) is 5.32 Å². The quantitative estimate of drug-likeness (QED) is 0.650. The fourth-order valence-corrected chi connectivity index (χ4v) is 2.64. The van der Waals surface area contributed by atoms with Crippen molar-refractivity contribution in [3.05, 3.63) is 24.3 Å². The standard InChI is InChI=1S/C15H22N2O.ClH/c16-13-9-5-6-10-14(13)17-15(18)11-12-7-3-1-2-4-8-12;/h5-6,9-10,12H,1-4,7-8,11,16H2,(H,17,18);1H. The third-order valence-electron chi connectivity index (χ3n) is 3.68. The molecular weight excluding hydrogens is 260 g/mol. The summed E-state index contributed by atoms with van der Waals surface area (Å²) in [5.74, 6) is 0.650. The Morgan fingerprint density at radius 3 is 2.42 bits per heavy atom. The zero-order chi connectivity index (χ0) is 12.8. The number of para-hydroxylation sites is 2. The number of benzene rings is 1. The van der Waals surface area contributed by atoms with Gasteiger partial charge in [-0.05, 0) is 30.9 Å². The molecule has 3 N–H and O–H groups in total. The van der Waals surface area contributed by atoms with Crippen LogP contribution in [0.2, 0.25) is 0 Å². The van der Waals surface area contributed by atoms with E-state index in [1.54, 1.807) is 6.07 Å². The summed E-state index contributed by atoms with van der Waals surface area (Å²) < 4.78 is 0. The average molecular weight is 283 g/mol. The number of halogens is 1. The van der Waals surface area contributed by atoms with E-state index in [1.165, 1.54) is 38.5 Å². The van der Waals surface area contributed by atoms with Gasteiger partial charge in [-0.1, -0.05) is 37.8 Å². The molecule has 1 aromatic rings. The summed E-state index contributed by atoms with van der Waals surface area (Å²) in [6, 6.07) is 7.41. The van der Waals surface area contributed by atoms with E-state index in [-0.39, 0.29) is 18.3 Å². The SMILES string of the molecule is Cl.Nc1ccccc1NC(=O)CC1CCCCCC1. The highest BCUT2D eigenvalue weighted by molar-refractivity contribution is 5.93. The van der Waals surface area contributed by atoms with Crippen LogP contribution < -0.4 is 11.1 Å². The summed E-state index contributed by atoms with van der Waals surface area (Å²) >= 11 is 0. The Hall–Kier alpha value is -1.22. The Morgan fingerprint density at radius 2 is 1.79 bits per heavy atom. The molecule has 2 rings (SSSR count). The lowest BCUT2D eigenvalue weighted by atomic mass is 9.96. The largest absolute Gasteiger partial charge is 0.397 e. The van der Waals surface area contributed by atoms with Crippen LogP contribution in [-0.4, -0.2) is 5.91 Å². The highest BCUT2D eigenvalue weighted by atomic mass is 35.5. The van der Waals surface area contributed by atoms with Crippen molar-refractivity contribution < 1.29 is 4.79 Å². The molecule has 0 radical (unpaired) electrons. The van der Waals surface area contributed by atoms with E-state index in [0.717, 1.165) is 5.69 Å². The molecule has 0 aliphatic heterocycles. The Balaban J connectivity index is 0.00000180. The van der Waals surface area contributed by atoms with Gasteiger partial charge >= 0.3 is 0 Å². The minimum Gasteiger partial charge on any atom is -0.397 e. The minimum absolute atomic E-state index is 0. The van der Waals surface area contributed by atoms with Crippen molar-refractivity contribution in [2.45, 2.75) is 44.9 Å². The monoisotopic (exact) mass is 282 g/mol. The summed E-state index contributed by atoms with van der Waals surface area (Å²) in [6.45, 7) is 0. The molecule has 4 heteroatoms. The van der Waals surface area contributed by atoms with Crippen LogP contribution in [0.3, 0.4) is 0 Å². The predicted molar refractivity (Wildman–Crippen MR) is 82.5 cm³/mol. The van der Waals surface area contributed by atoms with Gasteiger partial charge in [-0.3, -0.25) is 4.79 Å². The minimum atomic E-state index is 0. The third kappa shape index (κ3) is 5.11. The summed E-state index contributed by atoms with van der Waals surface area (Å²) in [5.41, 5.74) is 7.18. The molecule has 106 valence electrons. The second-order valence-corrected chi connectivity index (χ2v) is 5.20. The molecule has 0 aromatic heterocycles. The summed E-state index contributed by atoms with van der Waals surface area (Å²) in [6.07, 6.45) is 8.20. The Morgan fingerprint density at radius 1 is 1.16 bits per heavy atom. The van der Waals surface area contributed by atoms with E-state index in [4.69, 9.17) is 5.73 Å². The molecule has 1 fully saturated rings. The number of anilines is 2. The number of amides is 1. The van der Waals surface area contributed by atoms with Crippen molar-refractivity contribution in [3.8, 4) is 0 Å². The molecule has 1 aromatic carbocycles. The van der Waals surface area contributed by atoms with Crippen molar-refractivity contribution in [1.82, 2.24) is 0 Å². The average Bonchev–Trinajstić information content (AvgIpc) is 2.61. The molecule has 1 aliphatic carbocycles. The summed E-state index contributed by atoms with van der Waals surface area (Å²) in [5, 5.41) is 2.91. The fraction of sp³-hybridized carbons (Fsp3) is 0.533. The maximum Gasteiger partial charge on any atom is 0.224 e. The molecule has 0 heterocycles. The number of nitrogens with two attached hydrogens (primary N) is 1. The number of hydrogen-bond donors (Lipinski definition) is 2. The molecule has 0 unspecified atom stereocenters. The van der Waals surface area contributed by atoms with E-state index < -0.39 is 0 Å². The summed E-state index contributed by atoms with van der Waals surface area (Å²) in [7, 11) is 0. The number of hydrogen-bond acceptors (Lipinski definition) is 2. The number of nitrogens with one attached hydrogen (secondary N) is 1. The van der Waals surface area contributed by atoms with E-state index in [9.17, 15) is 4.79 Å². The van der Waals surface area contributed by atoms with Crippen LogP contribution in [0.15, 0.2) is 24.3 Å². The second kappa shape index (κ2) is 8.05. The van der Waals surface area contributed by atoms with E-state index >= 15 is 0 Å². The number of rotatable bonds is 3. The molecule has 0 saturated heterocycles. The molecule has 3 nitrogen and oxygen atoms in total. The molecule has 0 bridgehead atoms. The normalized spacial score (nSPS) is 16.2. The Bertz CT molecular complexity index is 401. The van der Waals surface area contributed by atoms with Gasteiger partial charge < -0.3 is 11.1 Å². The van der Waals surface area contributed by atoms with Gasteiger partial charge in [-0.15, -0.1) is 12.4 Å². The van der Waals surface area contributed by atoms with Crippen molar-refractivity contribution in [1.29, 1.82) is 0 Å². The van der Waals surface area contributed by atoms with Gasteiger partial charge in [0.15, 0.2) is 0 Å². The lowest BCUT2D eigenvalue weighted by Gasteiger charge is -2.14. The first-order valence-corrected chi connectivity index (χ1v) is 6.90. The van der Waals surface area contributed by atoms with Crippen LogP contribution in [0.4, 0.5) is 11.4 Å². The fourth-order valence-electron chi connectivity index (χ4n) is 2.64. The van der Waals surface area contributed by atoms with Crippen LogP contribution >= 0.6 is 12.4 Å². The summed E-state index contributed by atoms with van der Waals surface area (Å²) in [4.78, 5) is 12.0. The topological polar surface area (TPSA) is 55.1 Å². The molecular formula is C15H23ClN2O. The van der Waals surface area contributed by atoms with Gasteiger partial charge in [0.05, 0.1) is 11.4 Å². The predicted octanol–water partition coefficient (Wildman–Crippen LogP) is 3.99. The molecule has 0 atom stereocenters. The highest BCUT2D eigenvalue weighted by Gasteiger charge is 2.16. The van der Waals surface area contributed by atoms with Gasteiger partial charge in [0.1, 0.15) is 0 Å². The number of carbonyl (C=O) groups excluding carboxylic acids is 1. The smallest absolute Gasteiger partial charge is 0.224 e. The van der Waals surface area contributed by atoms with Crippen LogP contribution in [-0.2, 0) is 4.79 Å². The lowest BCUT2D eigenvalue weighted by Crippen LogP contribution is -2.17. The molecule has 1 saturated carbocycles. The van der Waals surface area contributed by atoms with Gasteiger partial charge in [0.25, 0.3) is 0 Å². The Labute approximate surface area is 121 Å². The van der Waals surface area contributed by atoms with Gasteiger partial charge in [0.2, 0.25) is 5.91 Å². The van der Waals surface area contributed by atoms with Crippen LogP contribution in [0.25, 0.3) is 0 Å². The van der Waals surface area contributed by atoms with E-state index in [0.29, 0.717) is 18.0 Å². The van der Waals surface area contributed by atoms with E-state index in [1.807, 2.05) is 18.2 Å². The lowest BCUT2D eigenvalue weighted by molar-refractivity contribution is -0.117. The Kier molecular flexibility index (Phi) is 6.71. The van der Waals surface area contributed by atoms with Crippen molar-refractivity contribution in [2.75, 3.05) is 11.1 Å². The molecule has 1 aliphatic rings. The first-order valence-electron chi connectivity index (χ1n) is 6.90. The number of carbonyl (C=O) groups is 1. The molecule has 19 heavy (non-hydrogen) atoms. The van der Waals surface area contributed by atoms with Crippen molar-refractivity contribution in [2.24, 2.45) is 5.92 Å². The van der Waals surface area contributed by atoms with Gasteiger partial charge in [-0.25, -0.2) is 0 Å². The van der Waals surface area contributed by atoms with Crippen LogP contribution in [0.1, 0.15) is 44.9 Å². The maximum atomic E-state index is 12.0. The van der Waals surface area contributed by atoms with Gasteiger partial charge in [-0.2, -0.15) is 0 Å². The third-order valence-corrected chi connectivity index (χ3v) is 3.68. The van der Waals surface area contributed by atoms with Crippen LogP contribution in [0.5, 0.6) is 0 Å². The van der Waals surface area contributed by atoms with Gasteiger partial charge in [0, 0.05) is 6.42 Å². The molecule has 0 spiro atoms.